The molecule has 7 heteroatoms. The lowest BCUT2D eigenvalue weighted by Crippen LogP contribution is -2.62. The predicted octanol–water partition coefficient (Wildman–Crippen LogP) is 1.24. The van der Waals surface area contributed by atoms with Crippen LogP contribution in [-0.2, 0) is 30.3 Å². The molecule has 1 rings (SSSR count). The number of amides is 1. The van der Waals surface area contributed by atoms with Crippen molar-refractivity contribution in [2.75, 3.05) is 20.3 Å². The van der Waals surface area contributed by atoms with Gasteiger partial charge in [0.15, 0.2) is 0 Å². The average molecular weight is 337 g/mol. The van der Waals surface area contributed by atoms with Gasteiger partial charge in [-0.1, -0.05) is 18.2 Å². The molecule has 0 heterocycles. The molecule has 7 nitrogen and oxygen atoms in total. The second-order valence-electron chi connectivity index (χ2n) is 5.02. The first-order chi connectivity index (χ1) is 11.4. The summed E-state index contributed by atoms with van der Waals surface area (Å²) in [5.74, 6) is -1.80. The van der Waals surface area contributed by atoms with Crippen LogP contribution < -0.4 is 10.1 Å². The third kappa shape index (κ3) is 4.47. The lowest BCUT2D eigenvalue weighted by atomic mass is 9.89. The van der Waals surface area contributed by atoms with E-state index in [-0.39, 0.29) is 19.6 Å². The molecule has 1 aromatic carbocycles. The van der Waals surface area contributed by atoms with Gasteiger partial charge in [-0.2, -0.15) is 0 Å². The van der Waals surface area contributed by atoms with Gasteiger partial charge < -0.3 is 19.5 Å². The molecule has 0 saturated carbocycles. The van der Waals surface area contributed by atoms with Gasteiger partial charge in [0.05, 0.1) is 20.3 Å². The molecular formula is C17H23NO6. The largest absolute Gasteiger partial charge is 0.496 e. The van der Waals surface area contributed by atoms with Crippen LogP contribution in [0.25, 0.3) is 0 Å². The number of ether oxygens (including phenoxy) is 3. The summed E-state index contributed by atoms with van der Waals surface area (Å²) in [7, 11) is 1.48. The molecule has 0 aliphatic heterocycles. The Morgan fingerprint density at radius 2 is 1.58 bits per heavy atom. The Morgan fingerprint density at radius 3 is 2.04 bits per heavy atom. The van der Waals surface area contributed by atoms with Crippen molar-refractivity contribution in [3.8, 4) is 5.75 Å². The van der Waals surface area contributed by atoms with E-state index in [1.165, 1.54) is 14.0 Å². The van der Waals surface area contributed by atoms with E-state index in [1.807, 2.05) is 0 Å². The van der Waals surface area contributed by atoms with Crippen molar-refractivity contribution in [1.29, 1.82) is 0 Å². The fourth-order valence-electron chi connectivity index (χ4n) is 2.32. The average Bonchev–Trinajstić information content (AvgIpc) is 2.54. The number of methoxy groups -OCH3 is 1. The Morgan fingerprint density at radius 1 is 1.04 bits per heavy atom. The zero-order chi connectivity index (χ0) is 18.2. The molecule has 0 aromatic heterocycles. The molecule has 0 atom stereocenters. The van der Waals surface area contributed by atoms with Crippen molar-refractivity contribution >= 4 is 17.8 Å². The van der Waals surface area contributed by atoms with E-state index in [4.69, 9.17) is 14.2 Å². The molecule has 0 aliphatic carbocycles. The van der Waals surface area contributed by atoms with Crippen LogP contribution in [0.5, 0.6) is 5.75 Å². The minimum atomic E-state index is -1.97. The highest BCUT2D eigenvalue weighted by molar-refractivity contribution is 6.08. The summed E-state index contributed by atoms with van der Waals surface area (Å²) in [6, 6.07) is 6.90. The molecule has 1 N–H and O–H groups in total. The van der Waals surface area contributed by atoms with Crippen molar-refractivity contribution in [2.24, 2.45) is 0 Å². The van der Waals surface area contributed by atoms with E-state index in [2.05, 4.69) is 5.32 Å². The molecule has 0 saturated heterocycles. The number of benzene rings is 1. The fraction of sp³-hybridized carbons (Fsp3) is 0.471. The van der Waals surface area contributed by atoms with Crippen LogP contribution >= 0.6 is 0 Å². The normalized spacial score (nSPS) is 10.7. The Labute approximate surface area is 141 Å². The first-order valence-electron chi connectivity index (χ1n) is 7.66. The van der Waals surface area contributed by atoms with Crippen molar-refractivity contribution in [1.82, 2.24) is 5.32 Å². The number of hydrogen-bond donors (Lipinski definition) is 1. The molecule has 0 radical (unpaired) electrons. The molecule has 1 amide bonds. The number of rotatable bonds is 8. The minimum absolute atomic E-state index is 0.0610. The zero-order valence-corrected chi connectivity index (χ0v) is 14.4. The van der Waals surface area contributed by atoms with Gasteiger partial charge in [-0.25, -0.2) is 9.59 Å². The van der Waals surface area contributed by atoms with Crippen molar-refractivity contribution in [2.45, 2.75) is 32.7 Å². The number of carbonyl (C=O) groups excluding carboxylic acids is 3. The van der Waals surface area contributed by atoms with Crippen LogP contribution in [0.1, 0.15) is 26.3 Å². The number of para-hydroxylation sites is 1. The maximum atomic E-state index is 12.5. The number of esters is 2. The lowest BCUT2D eigenvalue weighted by Gasteiger charge is -2.30. The SMILES string of the molecule is CCOC(=O)C(Cc1ccccc1OC)(NC(C)=O)C(=O)OCC. The number of hydrogen-bond acceptors (Lipinski definition) is 6. The summed E-state index contributed by atoms with van der Waals surface area (Å²) in [4.78, 5) is 36.7. The molecule has 132 valence electrons. The van der Waals surface area contributed by atoms with E-state index in [1.54, 1.807) is 38.1 Å². The molecule has 1 aromatic rings. The van der Waals surface area contributed by atoms with E-state index in [9.17, 15) is 14.4 Å². The topological polar surface area (TPSA) is 90.9 Å². The third-order valence-electron chi connectivity index (χ3n) is 3.29. The second-order valence-corrected chi connectivity index (χ2v) is 5.02. The summed E-state index contributed by atoms with van der Waals surface area (Å²) in [5.41, 5.74) is -1.40. The molecule has 0 unspecified atom stereocenters. The first kappa shape index (κ1) is 19.5. The summed E-state index contributed by atoms with van der Waals surface area (Å²) in [6.45, 7) is 4.57. The number of nitrogens with one attached hydrogen (secondary N) is 1. The Balaban J connectivity index is 3.39. The van der Waals surface area contributed by atoms with Crippen molar-refractivity contribution in [3.05, 3.63) is 29.8 Å². The van der Waals surface area contributed by atoms with Crippen LogP contribution in [0.4, 0.5) is 0 Å². The first-order valence-corrected chi connectivity index (χ1v) is 7.66. The van der Waals surface area contributed by atoms with Crippen LogP contribution in [0.2, 0.25) is 0 Å². The van der Waals surface area contributed by atoms with Crippen molar-refractivity contribution < 1.29 is 28.6 Å². The zero-order valence-electron chi connectivity index (χ0n) is 14.4. The quantitative estimate of drug-likeness (QED) is 0.567. The Kier molecular flexibility index (Phi) is 7.23. The van der Waals surface area contributed by atoms with E-state index < -0.39 is 23.4 Å². The lowest BCUT2D eigenvalue weighted by molar-refractivity contribution is -0.168. The maximum Gasteiger partial charge on any atom is 0.344 e. The highest BCUT2D eigenvalue weighted by atomic mass is 16.6. The molecule has 0 fully saturated rings. The highest BCUT2D eigenvalue weighted by Gasteiger charge is 2.50. The summed E-state index contributed by atoms with van der Waals surface area (Å²) >= 11 is 0. The van der Waals surface area contributed by atoms with Gasteiger partial charge in [0.1, 0.15) is 5.75 Å². The summed E-state index contributed by atoms with van der Waals surface area (Å²) < 4.78 is 15.3. The van der Waals surface area contributed by atoms with Crippen LogP contribution in [-0.4, -0.2) is 43.7 Å². The van der Waals surface area contributed by atoms with Gasteiger partial charge in [0, 0.05) is 13.3 Å². The predicted molar refractivity (Wildman–Crippen MR) is 86.5 cm³/mol. The third-order valence-corrected chi connectivity index (χ3v) is 3.29. The molecule has 0 bridgehead atoms. The molecular weight excluding hydrogens is 314 g/mol. The van der Waals surface area contributed by atoms with Gasteiger partial charge in [0.2, 0.25) is 11.4 Å². The van der Waals surface area contributed by atoms with Crippen LogP contribution in [0.15, 0.2) is 24.3 Å². The van der Waals surface area contributed by atoms with Gasteiger partial charge in [-0.15, -0.1) is 0 Å². The second kappa shape index (κ2) is 8.90. The summed E-state index contributed by atoms with van der Waals surface area (Å²) in [6.07, 6.45) is -0.145. The minimum Gasteiger partial charge on any atom is -0.496 e. The van der Waals surface area contributed by atoms with Gasteiger partial charge in [0.25, 0.3) is 0 Å². The van der Waals surface area contributed by atoms with Gasteiger partial charge >= 0.3 is 11.9 Å². The van der Waals surface area contributed by atoms with E-state index in [0.717, 1.165) is 0 Å². The number of carbonyl (C=O) groups is 3. The fourth-order valence-corrected chi connectivity index (χ4v) is 2.32. The smallest absolute Gasteiger partial charge is 0.344 e. The highest BCUT2D eigenvalue weighted by Crippen LogP contribution is 2.25. The Hall–Kier alpha value is -2.57. The Bertz CT molecular complexity index is 580. The van der Waals surface area contributed by atoms with Gasteiger partial charge in [-0.05, 0) is 25.5 Å². The monoisotopic (exact) mass is 337 g/mol. The van der Waals surface area contributed by atoms with Gasteiger partial charge in [-0.3, -0.25) is 4.79 Å². The summed E-state index contributed by atoms with van der Waals surface area (Å²) in [5, 5.41) is 2.42. The van der Waals surface area contributed by atoms with Crippen LogP contribution in [0, 0.1) is 0 Å². The molecule has 0 spiro atoms. The van der Waals surface area contributed by atoms with Crippen molar-refractivity contribution in [3.63, 3.8) is 0 Å². The maximum absolute atomic E-state index is 12.5. The van der Waals surface area contributed by atoms with E-state index in [0.29, 0.717) is 11.3 Å². The molecule has 24 heavy (non-hydrogen) atoms. The standard InChI is InChI=1S/C17H23NO6/c1-5-23-15(20)17(18-12(3)19,16(21)24-6-2)11-13-9-7-8-10-14(13)22-4/h7-10H,5-6,11H2,1-4H3,(H,18,19). The molecule has 0 aliphatic rings. The van der Waals surface area contributed by atoms with Crippen LogP contribution in [0.3, 0.4) is 0 Å². The van der Waals surface area contributed by atoms with E-state index >= 15 is 0 Å².